The number of nitrogens with zero attached hydrogens (tertiary/aromatic N) is 2. The molecule has 0 fully saturated rings. The SMILES string of the molecule is CCCCN(CCCC)C(=O)c1n[nH]c(CC)c1N. The van der Waals surface area contributed by atoms with Gasteiger partial charge in [-0.25, -0.2) is 0 Å². The second kappa shape index (κ2) is 7.81. The van der Waals surface area contributed by atoms with Gasteiger partial charge in [0.2, 0.25) is 0 Å². The number of hydrogen-bond donors (Lipinski definition) is 2. The molecule has 0 unspecified atom stereocenters. The summed E-state index contributed by atoms with van der Waals surface area (Å²) in [5, 5.41) is 6.93. The number of anilines is 1. The number of aromatic amines is 1. The van der Waals surface area contributed by atoms with E-state index in [-0.39, 0.29) is 5.91 Å². The van der Waals surface area contributed by atoms with E-state index >= 15 is 0 Å². The largest absolute Gasteiger partial charge is 0.395 e. The van der Waals surface area contributed by atoms with Crippen LogP contribution in [-0.2, 0) is 6.42 Å². The molecule has 1 rings (SSSR count). The van der Waals surface area contributed by atoms with E-state index in [1.807, 2.05) is 11.8 Å². The maximum atomic E-state index is 12.5. The molecule has 1 amide bonds. The third-order valence-electron chi connectivity index (χ3n) is 3.29. The van der Waals surface area contributed by atoms with Crippen LogP contribution in [0, 0.1) is 0 Å². The lowest BCUT2D eigenvalue weighted by molar-refractivity contribution is 0.0746. The lowest BCUT2D eigenvalue weighted by atomic mass is 10.2. The molecule has 0 atom stereocenters. The highest BCUT2D eigenvalue weighted by Gasteiger charge is 2.21. The topological polar surface area (TPSA) is 75.0 Å². The van der Waals surface area contributed by atoms with Gasteiger partial charge in [0.05, 0.1) is 11.4 Å². The lowest BCUT2D eigenvalue weighted by Gasteiger charge is -2.21. The summed E-state index contributed by atoms with van der Waals surface area (Å²) >= 11 is 0. The first-order valence-electron chi connectivity index (χ1n) is 7.27. The summed E-state index contributed by atoms with van der Waals surface area (Å²) in [6, 6.07) is 0. The fraction of sp³-hybridized carbons (Fsp3) is 0.714. The maximum absolute atomic E-state index is 12.5. The summed E-state index contributed by atoms with van der Waals surface area (Å²) in [7, 11) is 0. The zero-order valence-corrected chi connectivity index (χ0v) is 12.3. The fourth-order valence-corrected chi connectivity index (χ4v) is 1.98. The molecule has 1 heterocycles. The molecular weight excluding hydrogens is 240 g/mol. The molecule has 0 spiro atoms. The van der Waals surface area contributed by atoms with Crippen LogP contribution in [0.1, 0.15) is 62.6 Å². The molecule has 0 radical (unpaired) electrons. The Kier molecular flexibility index (Phi) is 6.39. The minimum Gasteiger partial charge on any atom is -0.395 e. The molecule has 0 saturated heterocycles. The van der Waals surface area contributed by atoms with Gasteiger partial charge < -0.3 is 10.6 Å². The molecule has 0 aliphatic carbocycles. The second-order valence-electron chi connectivity index (χ2n) is 4.82. The van der Waals surface area contributed by atoms with Gasteiger partial charge in [0.15, 0.2) is 5.69 Å². The number of aryl methyl sites for hydroxylation is 1. The van der Waals surface area contributed by atoms with E-state index in [9.17, 15) is 4.79 Å². The highest BCUT2D eigenvalue weighted by Crippen LogP contribution is 2.17. The number of hydrogen-bond acceptors (Lipinski definition) is 3. The lowest BCUT2D eigenvalue weighted by Crippen LogP contribution is -2.33. The van der Waals surface area contributed by atoms with Crippen molar-refractivity contribution in [2.75, 3.05) is 18.8 Å². The van der Waals surface area contributed by atoms with Gasteiger partial charge in [-0.15, -0.1) is 0 Å². The number of carbonyl (C=O) groups excluding carboxylic acids is 1. The number of nitrogens with two attached hydrogens (primary N) is 1. The molecule has 0 aliphatic heterocycles. The number of rotatable bonds is 8. The van der Waals surface area contributed by atoms with Gasteiger partial charge in [0.1, 0.15) is 0 Å². The van der Waals surface area contributed by atoms with E-state index in [0.717, 1.165) is 50.9 Å². The Morgan fingerprint density at radius 2 is 1.79 bits per heavy atom. The maximum Gasteiger partial charge on any atom is 0.276 e. The Balaban J connectivity index is 2.81. The number of H-pyrrole nitrogens is 1. The van der Waals surface area contributed by atoms with E-state index in [0.29, 0.717) is 11.4 Å². The van der Waals surface area contributed by atoms with Crippen molar-refractivity contribution in [3.8, 4) is 0 Å². The predicted molar refractivity (Wildman–Crippen MR) is 78.1 cm³/mol. The van der Waals surface area contributed by atoms with Crippen molar-refractivity contribution in [2.45, 2.75) is 52.9 Å². The minimum absolute atomic E-state index is 0.0460. The zero-order valence-electron chi connectivity index (χ0n) is 12.3. The predicted octanol–water partition coefficient (Wildman–Crippen LogP) is 2.60. The van der Waals surface area contributed by atoms with Gasteiger partial charge in [-0.2, -0.15) is 5.10 Å². The zero-order chi connectivity index (χ0) is 14.3. The van der Waals surface area contributed by atoms with Crippen LogP contribution in [0.4, 0.5) is 5.69 Å². The molecule has 1 aromatic heterocycles. The molecule has 0 saturated carbocycles. The standard InChI is InChI=1S/C14H26N4O/c1-4-7-9-18(10-8-5-2)14(19)13-12(15)11(6-3)16-17-13/h4-10,15H2,1-3H3,(H,16,17). The van der Waals surface area contributed by atoms with Crippen molar-refractivity contribution < 1.29 is 4.79 Å². The van der Waals surface area contributed by atoms with Crippen LogP contribution in [0.2, 0.25) is 0 Å². The van der Waals surface area contributed by atoms with E-state index in [1.165, 1.54) is 0 Å². The van der Waals surface area contributed by atoms with Crippen LogP contribution >= 0.6 is 0 Å². The highest BCUT2D eigenvalue weighted by atomic mass is 16.2. The summed E-state index contributed by atoms with van der Waals surface area (Å²) in [6.45, 7) is 7.80. The van der Waals surface area contributed by atoms with Gasteiger partial charge in [-0.05, 0) is 19.3 Å². The normalized spacial score (nSPS) is 10.7. The number of nitrogens with one attached hydrogen (secondary N) is 1. The van der Waals surface area contributed by atoms with Gasteiger partial charge in [-0.3, -0.25) is 9.89 Å². The summed E-state index contributed by atoms with van der Waals surface area (Å²) < 4.78 is 0. The van der Waals surface area contributed by atoms with E-state index in [1.54, 1.807) is 0 Å². The molecule has 5 heteroatoms. The summed E-state index contributed by atoms with van der Waals surface area (Å²) in [6.07, 6.45) is 4.94. The smallest absolute Gasteiger partial charge is 0.276 e. The minimum atomic E-state index is -0.0460. The number of amides is 1. The van der Waals surface area contributed by atoms with Gasteiger partial charge in [0.25, 0.3) is 5.91 Å². The van der Waals surface area contributed by atoms with Crippen LogP contribution in [0.25, 0.3) is 0 Å². The first kappa shape index (κ1) is 15.5. The summed E-state index contributed by atoms with van der Waals surface area (Å²) in [4.78, 5) is 14.3. The number of aromatic nitrogens is 2. The monoisotopic (exact) mass is 266 g/mol. The number of carbonyl (C=O) groups is 1. The molecule has 3 N–H and O–H groups in total. The van der Waals surface area contributed by atoms with Crippen molar-refractivity contribution in [1.29, 1.82) is 0 Å². The Morgan fingerprint density at radius 1 is 1.21 bits per heavy atom. The van der Waals surface area contributed by atoms with Crippen molar-refractivity contribution in [3.63, 3.8) is 0 Å². The van der Waals surface area contributed by atoms with E-state index in [4.69, 9.17) is 5.73 Å². The van der Waals surface area contributed by atoms with Crippen LogP contribution in [0.5, 0.6) is 0 Å². The average molecular weight is 266 g/mol. The Hall–Kier alpha value is -1.52. The third-order valence-corrected chi connectivity index (χ3v) is 3.29. The molecule has 108 valence electrons. The third kappa shape index (κ3) is 3.98. The van der Waals surface area contributed by atoms with Crippen LogP contribution < -0.4 is 5.73 Å². The first-order valence-corrected chi connectivity index (χ1v) is 7.27. The van der Waals surface area contributed by atoms with Gasteiger partial charge >= 0.3 is 0 Å². The molecule has 0 bridgehead atoms. The molecule has 0 aliphatic rings. The molecule has 1 aromatic rings. The van der Waals surface area contributed by atoms with Crippen LogP contribution in [-0.4, -0.2) is 34.1 Å². The number of nitrogen functional groups attached to an aromatic ring is 1. The molecule has 19 heavy (non-hydrogen) atoms. The first-order chi connectivity index (χ1) is 9.15. The van der Waals surface area contributed by atoms with Crippen molar-refractivity contribution in [3.05, 3.63) is 11.4 Å². The summed E-state index contributed by atoms with van der Waals surface area (Å²) in [5.41, 5.74) is 7.69. The molecular formula is C14H26N4O. The fourth-order valence-electron chi connectivity index (χ4n) is 1.98. The molecule has 5 nitrogen and oxygen atoms in total. The average Bonchev–Trinajstić information content (AvgIpc) is 2.79. The second-order valence-corrected chi connectivity index (χ2v) is 4.82. The van der Waals surface area contributed by atoms with Gasteiger partial charge in [-0.1, -0.05) is 33.6 Å². The Labute approximate surface area is 115 Å². The number of unbranched alkanes of at least 4 members (excludes halogenated alkanes) is 2. The van der Waals surface area contributed by atoms with E-state index in [2.05, 4.69) is 24.0 Å². The summed E-state index contributed by atoms with van der Waals surface area (Å²) in [5.74, 6) is -0.0460. The van der Waals surface area contributed by atoms with Crippen molar-refractivity contribution in [1.82, 2.24) is 15.1 Å². The van der Waals surface area contributed by atoms with Crippen molar-refractivity contribution in [2.24, 2.45) is 0 Å². The van der Waals surface area contributed by atoms with Crippen LogP contribution in [0.15, 0.2) is 0 Å². The van der Waals surface area contributed by atoms with E-state index < -0.39 is 0 Å². The molecule has 0 aromatic carbocycles. The van der Waals surface area contributed by atoms with Crippen LogP contribution in [0.3, 0.4) is 0 Å². The quantitative estimate of drug-likeness (QED) is 0.759. The Bertz CT molecular complexity index is 392. The van der Waals surface area contributed by atoms with Gasteiger partial charge in [0, 0.05) is 13.1 Å². The highest BCUT2D eigenvalue weighted by molar-refractivity contribution is 5.97. The van der Waals surface area contributed by atoms with Crippen molar-refractivity contribution >= 4 is 11.6 Å². The Morgan fingerprint density at radius 3 is 2.21 bits per heavy atom.